The standard InChI is InChI=1S/C10H13F3N2OS/c1-16-9(3-2-4-9)8-15-7(10(11,12)13)6(5-14)17-8/h2-5,14H2,1H3. The maximum Gasteiger partial charge on any atom is 0.434 e. The van der Waals surface area contributed by atoms with Crippen molar-refractivity contribution in [3.8, 4) is 0 Å². The molecular weight excluding hydrogens is 253 g/mol. The van der Waals surface area contributed by atoms with Gasteiger partial charge in [-0.25, -0.2) is 4.98 Å². The van der Waals surface area contributed by atoms with Crippen LogP contribution in [0.2, 0.25) is 0 Å². The molecule has 0 aromatic carbocycles. The van der Waals surface area contributed by atoms with Crippen LogP contribution in [0.4, 0.5) is 13.2 Å². The monoisotopic (exact) mass is 266 g/mol. The summed E-state index contributed by atoms with van der Waals surface area (Å²) in [5.41, 5.74) is 3.86. The third kappa shape index (κ3) is 2.07. The largest absolute Gasteiger partial charge is 0.434 e. The normalized spacial score (nSPS) is 19.1. The van der Waals surface area contributed by atoms with Gasteiger partial charge in [0.1, 0.15) is 10.6 Å². The quantitative estimate of drug-likeness (QED) is 0.915. The molecule has 1 saturated carbocycles. The molecule has 1 fully saturated rings. The van der Waals surface area contributed by atoms with E-state index in [2.05, 4.69) is 4.98 Å². The first-order valence-corrected chi connectivity index (χ1v) is 6.07. The van der Waals surface area contributed by atoms with Crippen LogP contribution in [-0.2, 0) is 23.1 Å². The lowest BCUT2D eigenvalue weighted by atomic mass is 9.80. The third-order valence-electron chi connectivity index (χ3n) is 3.09. The van der Waals surface area contributed by atoms with E-state index in [1.54, 1.807) is 0 Å². The predicted molar refractivity (Wildman–Crippen MR) is 57.5 cm³/mol. The topological polar surface area (TPSA) is 48.1 Å². The van der Waals surface area contributed by atoms with Crippen LogP contribution in [0.25, 0.3) is 0 Å². The first kappa shape index (κ1) is 12.8. The average molecular weight is 266 g/mol. The van der Waals surface area contributed by atoms with Crippen molar-refractivity contribution in [2.24, 2.45) is 5.73 Å². The summed E-state index contributed by atoms with van der Waals surface area (Å²) in [4.78, 5) is 3.79. The molecule has 0 unspecified atom stereocenters. The molecule has 17 heavy (non-hydrogen) atoms. The highest BCUT2D eigenvalue weighted by atomic mass is 32.1. The summed E-state index contributed by atoms with van der Waals surface area (Å²) in [6, 6.07) is 0. The van der Waals surface area contributed by atoms with Gasteiger partial charge < -0.3 is 10.5 Å². The molecule has 1 aliphatic carbocycles. The summed E-state index contributed by atoms with van der Waals surface area (Å²) in [5.74, 6) is 0. The van der Waals surface area contributed by atoms with Crippen molar-refractivity contribution in [3.63, 3.8) is 0 Å². The summed E-state index contributed by atoms with van der Waals surface area (Å²) in [7, 11) is 1.51. The summed E-state index contributed by atoms with van der Waals surface area (Å²) in [5, 5.41) is 0.402. The zero-order chi connectivity index (χ0) is 12.7. The zero-order valence-electron chi connectivity index (χ0n) is 9.30. The van der Waals surface area contributed by atoms with Gasteiger partial charge in [0.25, 0.3) is 0 Å². The highest BCUT2D eigenvalue weighted by Crippen LogP contribution is 2.47. The molecule has 1 aliphatic rings. The molecule has 0 amide bonds. The van der Waals surface area contributed by atoms with E-state index < -0.39 is 17.5 Å². The van der Waals surface area contributed by atoms with E-state index >= 15 is 0 Å². The van der Waals surface area contributed by atoms with Crippen molar-refractivity contribution in [2.75, 3.05) is 7.11 Å². The number of alkyl halides is 3. The molecule has 96 valence electrons. The SMILES string of the molecule is COC1(c2nc(C(F)(F)F)c(CN)s2)CCC1. The Bertz CT molecular complexity index is 407. The number of nitrogens with two attached hydrogens (primary N) is 1. The Labute approximate surface area is 101 Å². The lowest BCUT2D eigenvalue weighted by molar-refractivity contribution is -0.142. The number of methoxy groups -OCH3 is 1. The maximum absolute atomic E-state index is 12.7. The zero-order valence-corrected chi connectivity index (χ0v) is 10.1. The van der Waals surface area contributed by atoms with Crippen LogP contribution in [-0.4, -0.2) is 12.1 Å². The fourth-order valence-electron chi connectivity index (χ4n) is 1.91. The molecule has 0 atom stereocenters. The second kappa shape index (κ2) is 4.22. The second-order valence-corrected chi connectivity index (χ2v) is 5.13. The number of ether oxygens (including phenoxy) is 1. The Morgan fingerprint density at radius 1 is 1.47 bits per heavy atom. The fourth-order valence-corrected chi connectivity index (χ4v) is 3.09. The number of aromatic nitrogens is 1. The van der Waals surface area contributed by atoms with Gasteiger partial charge in [0, 0.05) is 13.7 Å². The Morgan fingerprint density at radius 2 is 2.12 bits per heavy atom. The molecule has 7 heteroatoms. The van der Waals surface area contributed by atoms with E-state index in [0.29, 0.717) is 5.01 Å². The van der Waals surface area contributed by atoms with Crippen molar-refractivity contribution in [2.45, 2.75) is 37.6 Å². The average Bonchev–Trinajstić information content (AvgIpc) is 2.61. The number of rotatable bonds is 3. The third-order valence-corrected chi connectivity index (χ3v) is 4.36. The molecular formula is C10H13F3N2OS. The van der Waals surface area contributed by atoms with E-state index in [4.69, 9.17) is 10.5 Å². The molecule has 0 aliphatic heterocycles. The van der Waals surface area contributed by atoms with Crippen LogP contribution >= 0.6 is 11.3 Å². The van der Waals surface area contributed by atoms with Gasteiger partial charge in [0.15, 0.2) is 5.69 Å². The van der Waals surface area contributed by atoms with Gasteiger partial charge >= 0.3 is 6.18 Å². The van der Waals surface area contributed by atoms with Crippen LogP contribution in [0.5, 0.6) is 0 Å². The van der Waals surface area contributed by atoms with Gasteiger partial charge in [-0.3, -0.25) is 0 Å². The predicted octanol–water partition coefficient (Wildman–Crippen LogP) is 2.65. The summed E-state index contributed by atoms with van der Waals surface area (Å²) in [6.45, 7) is -0.147. The molecule has 0 spiro atoms. The van der Waals surface area contributed by atoms with E-state index in [0.717, 1.165) is 30.6 Å². The lowest BCUT2D eigenvalue weighted by Crippen LogP contribution is -2.36. The van der Waals surface area contributed by atoms with Crippen LogP contribution in [0.3, 0.4) is 0 Å². The minimum Gasteiger partial charge on any atom is -0.371 e. The van der Waals surface area contributed by atoms with E-state index in [1.807, 2.05) is 0 Å². The molecule has 0 radical (unpaired) electrons. The number of nitrogens with zero attached hydrogens (tertiary/aromatic N) is 1. The van der Waals surface area contributed by atoms with E-state index in [1.165, 1.54) is 7.11 Å². The minimum absolute atomic E-state index is 0.0795. The summed E-state index contributed by atoms with van der Waals surface area (Å²) < 4.78 is 43.5. The van der Waals surface area contributed by atoms with Crippen molar-refractivity contribution >= 4 is 11.3 Å². The van der Waals surface area contributed by atoms with Gasteiger partial charge in [0.05, 0.1) is 4.88 Å². The van der Waals surface area contributed by atoms with Crippen LogP contribution in [0.15, 0.2) is 0 Å². The molecule has 1 aromatic heterocycles. The highest BCUT2D eigenvalue weighted by Gasteiger charge is 2.45. The van der Waals surface area contributed by atoms with Gasteiger partial charge in [-0.05, 0) is 19.3 Å². The van der Waals surface area contributed by atoms with E-state index in [9.17, 15) is 13.2 Å². The number of hydrogen-bond acceptors (Lipinski definition) is 4. The van der Waals surface area contributed by atoms with Crippen molar-refractivity contribution in [1.29, 1.82) is 0 Å². The van der Waals surface area contributed by atoms with Gasteiger partial charge in [0.2, 0.25) is 0 Å². The van der Waals surface area contributed by atoms with Gasteiger partial charge in [-0.1, -0.05) is 0 Å². The first-order chi connectivity index (χ1) is 7.93. The number of halogens is 3. The van der Waals surface area contributed by atoms with Gasteiger partial charge in [-0.15, -0.1) is 11.3 Å². The molecule has 3 nitrogen and oxygen atoms in total. The smallest absolute Gasteiger partial charge is 0.371 e. The van der Waals surface area contributed by atoms with Crippen LogP contribution < -0.4 is 5.73 Å². The van der Waals surface area contributed by atoms with E-state index in [-0.39, 0.29) is 11.4 Å². The van der Waals surface area contributed by atoms with Crippen molar-refractivity contribution in [3.05, 3.63) is 15.6 Å². The van der Waals surface area contributed by atoms with Crippen molar-refractivity contribution < 1.29 is 17.9 Å². The lowest BCUT2D eigenvalue weighted by Gasteiger charge is -2.38. The molecule has 1 aromatic rings. The van der Waals surface area contributed by atoms with Crippen LogP contribution in [0.1, 0.15) is 34.8 Å². The highest BCUT2D eigenvalue weighted by molar-refractivity contribution is 7.11. The fraction of sp³-hybridized carbons (Fsp3) is 0.700. The maximum atomic E-state index is 12.7. The number of hydrogen-bond donors (Lipinski definition) is 1. The Hall–Kier alpha value is -0.660. The van der Waals surface area contributed by atoms with Gasteiger partial charge in [-0.2, -0.15) is 13.2 Å². The Kier molecular flexibility index (Phi) is 3.17. The Balaban J connectivity index is 2.41. The summed E-state index contributed by atoms with van der Waals surface area (Å²) >= 11 is 1.01. The first-order valence-electron chi connectivity index (χ1n) is 5.25. The second-order valence-electron chi connectivity index (χ2n) is 4.04. The molecule has 0 saturated heterocycles. The molecule has 1 heterocycles. The molecule has 2 rings (SSSR count). The van der Waals surface area contributed by atoms with Crippen LogP contribution in [0, 0.1) is 0 Å². The summed E-state index contributed by atoms with van der Waals surface area (Å²) in [6.07, 6.45) is -2.05. The number of thiazole rings is 1. The Morgan fingerprint density at radius 3 is 2.41 bits per heavy atom. The molecule has 2 N–H and O–H groups in total. The molecule has 0 bridgehead atoms. The van der Waals surface area contributed by atoms with Crippen molar-refractivity contribution in [1.82, 2.24) is 4.98 Å². The minimum atomic E-state index is -4.44.